The number of hydrogen-bond acceptors (Lipinski definition) is 4. The minimum Gasteiger partial charge on any atom is -0.394 e. The Morgan fingerprint density at radius 3 is 2.78 bits per heavy atom. The first-order chi connectivity index (χ1) is 8.72. The molecule has 0 aliphatic heterocycles. The van der Waals surface area contributed by atoms with Gasteiger partial charge in [-0.3, -0.25) is 4.79 Å². The Balaban J connectivity index is 2.76. The van der Waals surface area contributed by atoms with E-state index < -0.39 is 6.04 Å². The predicted octanol–water partition coefficient (Wildman–Crippen LogP) is 0.855. The van der Waals surface area contributed by atoms with Crippen LogP contribution in [0, 0.1) is 0 Å². The van der Waals surface area contributed by atoms with Crippen LogP contribution in [-0.2, 0) is 4.74 Å². The third-order valence-corrected chi connectivity index (χ3v) is 2.46. The average Bonchev–Trinajstić information content (AvgIpc) is 2.39. The maximum Gasteiger partial charge on any atom is 0.253 e. The van der Waals surface area contributed by atoms with Crippen LogP contribution < -0.4 is 10.6 Å². The molecule has 0 bridgehead atoms. The zero-order valence-corrected chi connectivity index (χ0v) is 10.8. The van der Waals surface area contributed by atoms with Crippen LogP contribution in [0.1, 0.15) is 17.3 Å². The molecule has 0 radical (unpaired) electrons. The van der Waals surface area contributed by atoms with Gasteiger partial charge in [0, 0.05) is 19.3 Å². The molecule has 1 rings (SSSR count). The number of aliphatic hydroxyl groups is 1. The molecule has 3 N–H and O–H groups in total. The van der Waals surface area contributed by atoms with Gasteiger partial charge in [-0.05, 0) is 19.1 Å². The fourth-order valence-corrected chi connectivity index (χ4v) is 1.63. The summed E-state index contributed by atoms with van der Waals surface area (Å²) in [6.07, 6.45) is 0. The molecule has 5 nitrogen and oxygen atoms in total. The number of para-hydroxylation sites is 1. The Hall–Kier alpha value is -1.59. The van der Waals surface area contributed by atoms with Crippen molar-refractivity contribution in [2.75, 3.05) is 32.2 Å². The monoisotopic (exact) mass is 252 g/mol. The van der Waals surface area contributed by atoms with Gasteiger partial charge in [0.25, 0.3) is 5.91 Å². The number of nitrogens with one attached hydrogen (secondary N) is 2. The zero-order valence-electron chi connectivity index (χ0n) is 10.8. The van der Waals surface area contributed by atoms with Gasteiger partial charge in [0.2, 0.25) is 0 Å². The van der Waals surface area contributed by atoms with Crippen LogP contribution in [0.15, 0.2) is 24.3 Å². The molecule has 0 spiro atoms. The summed E-state index contributed by atoms with van der Waals surface area (Å²) in [5, 5.41) is 15.0. The van der Waals surface area contributed by atoms with E-state index in [1.165, 1.54) is 7.11 Å². The van der Waals surface area contributed by atoms with E-state index >= 15 is 0 Å². The number of carbonyl (C=O) groups is 1. The summed E-state index contributed by atoms with van der Waals surface area (Å²) in [5.74, 6) is -0.220. The van der Waals surface area contributed by atoms with Crippen molar-refractivity contribution in [3.63, 3.8) is 0 Å². The van der Waals surface area contributed by atoms with Crippen LogP contribution >= 0.6 is 0 Å². The Morgan fingerprint density at radius 1 is 1.44 bits per heavy atom. The molecule has 18 heavy (non-hydrogen) atoms. The van der Waals surface area contributed by atoms with Crippen molar-refractivity contribution in [1.82, 2.24) is 5.32 Å². The van der Waals surface area contributed by atoms with Gasteiger partial charge in [-0.25, -0.2) is 0 Å². The lowest BCUT2D eigenvalue weighted by molar-refractivity contribution is 0.0840. The van der Waals surface area contributed by atoms with Crippen LogP contribution in [-0.4, -0.2) is 43.9 Å². The van der Waals surface area contributed by atoms with Gasteiger partial charge in [0.1, 0.15) is 0 Å². The van der Waals surface area contributed by atoms with Gasteiger partial charge in [-0.15, -0.1) is 0 Å². The van der Waals surface area contributed by atoms with Crippen LogP contribution in [0.2, 0.25) is 0 Å². The van der Waals surface area contributed by atoms with Crippen molar-refractivity contribution in [3.05, 3.63) is 29.8 Å². The van der Waals surface area contributed by atoms with Crippen molar-refractivity contribution < 1.29 is 14.6 Å². The number of carbonyl (C=O) groups excluding carboxylic acids is 1. The van der Waals surface area contributed by atoms with E-state index in [0.717, 1.165) is 12.2 Å². The molecule has 0 fully saturated rings. The molecule has 1 aromatic carbocycles. The number of ether oxygens (including phenoxy) is 1. The van der Waals surface area contributed by atoms with Gasteiger partial charge in [-0.1, -0.05) is 12.1 Å². The molecular formula is C13H20N2O3. The summed E-state index contributed by atoms with van der Waals surface area (Å²) >= 11 is 0. The van der Waals surface area contributed by atoms with Crippen molar-refractivity contribution >= 4 is 11.6 Å². The molecule has 100 valence electrons. The molecule has 1 unspecified atom stereocenters. The summed E-state index contributed by atoms with van der Waals surface area (Å²) < 4.78 is 4.92. The molecule has 1 aromatic rings. The summed E-state index contributed by atoms with van der Waals surface area (Å²) in [6.45, 7) is 2.84. The Morgan fingerprint density at radius 2 is 2.17 bits per heavy atom. The molecule has 0 aliphatic rings. The van der Waals surface area contributed by atoms with Crippen molar-refractivity contribution in [2.24, 2.45) is 0 Å². The molecule has 0 saturated heterocycles. The fourth-order valence-electron chi connectivity index (χ4n) is 1.63. The normalized spacial score (nSPS) is 11.9. The highest BCUT2D eigenvalue weighted by molar-refractivity contribution is 5.99. The first-order valence-corrected chi connectivity index (χ1v) is 5.96. The van der Waals surface area contributed by atoms with Crippen LogP contribution in [0.3, 0.4) is 0 Å². The lowest BCUT2D eigenvalue weighted by atomic mass is 10.1. The number of benzene rings is 1. The van der Waals surface area contributed by atoms with E-state index in [2.05, 4.69) is 10.6 Å². The lowest BCUT2D eigenvalue weighted by Crippen LogP contribution is -2.40. The topological polar surface area (TPSA) is 70.6 Å². The minimum atomic E-state index is -0.391. The molecule has 0 aromatic heterocycles. The first kappa shape index (κ1) is 14.5. The molecule has 0 aliphatic carbocycles. The van der Waals surface area contributed by atoms with Crippen LogP contribution in [0.4, 0.5) is 5.69 Å². The maximum absolute atomic E-state index is 12.1. The van der Waals surface area contributed by atoms with E-state index in [1.54, 1.807) is 12.1 Å². The average molecular weight is 252 g/mol. The third-order valence-electron chi connectivity index (χ3n) is 2.46. The number of hydrogen-bond donors (Lipinski definition) is 3. The number of amides is 1. The summed E-state index contributed by atoms with van der Waals surface area (Å²) in [6, 6.07) is 6.88. The standard InChI is InChI=1S/C13H20N2O3/c1-3-14-12-7-5-4-6-11(12)13(17)15-10(8-16)9-18-2/h4-7,10,14,16H,3,8-9H2,1-2H3,(H,15,17). The summed E-state index contributed by atoms with van der Waals surface area (Å²) in [7, 11) is 1.53. The van der Waals surface area contributed by atoms with Crippen LogP contribution in [0.25, 0.3) is 0 Å². The maximum atomic E-state index is 12.1. The summed E-state index contributed by atoms with van der Waals surface area (Å²) in [5.41, 5.74) is 1.35. The quantitative estimate of drug-likeness (QED) is 0.673. The van der Waals surface area contributed by atoms with Crippen molar-refractivity contribution in [2.45, 2.75) is 13.0 Å². The SMILES string of the molecule is CCNc1ccccc1C(=O)NC(CO)COC. The number of aliphatic hydroxyl groups excluding tert-OH is 1. The molecule has 0 heterocycles. The van der Waals surface area contributed by atoms with E-state index in [0.29, 0.717) is 5.56 Å². The van der Waals surface area contributed by atoms with E-state index in [9.17, 15) is 4.79 Å². The zero-order chi connectivity index (χ0) is 13.4. The number of anilines is 1. The highest BCUT2D eigenvalue weighted by atomic mass is 16.5. The Bertz CT molecular complexity index is 382. The van der Waals surface area contributed by atoms with Crippen molar-refractivity contribution in [1.29, 1.82) is 0 Å². The first-order valence-electron chi connectivity index (χ1n) is 5.96. The van der Waals surface area contributed by atoms with E-state index in [1.807, 2.05) is 19.1 Å². The van der Waals surface area contributed by atoms with E-state index in [-0.39, 0.29) is 19.1 Å². The smallest absolute Gasteiger partial charge is 0.253 e. The molecule has 1 atom stereocenters. The summed E-state index contributed by atoms with van der Waals surface area (Å²) in [4.78, 5) is 12.1. The highest BCUT2D eigenvalue weighted by Crippen LogP contribution is 2.14. The predicted molar refractivity (Wildman–Crippen MR) is 70.8 cm³/mol. The minimum absolute atomic E-state index is 0.150. The van der Waals surface area contributed by atoms with E-state index in [4.69, 9.17) is 9.84 Å². The molecule has 0 saturated carbocycles. The second-order valence-electron chi connectivity index (χ2n) is 3.88. The van der Waals surface area contributed by atoms with Gasteiger partial charge >= 0.3 is 0 Å². The molecule has 1 amide bonds. The number of methoxy groups -OCH3 is 1. The van der Waals surface area contributed by atoms with Gasteiger partial charge in [0.05, 0.1) is 24.8 Å². The second kappa shape index (κ2) is 7.68. The van der Waals surface area contributed by atoms with Crippen LogP contribution in [0.5, 0.6) is 0 Å². The van der Waals surface area contributed by atoms with Gasteiger partial charge in [0.15, 0.2) is 0 Å². The third kappa shape index (κ3) is 4.01. The molecule has 5 heteroatoms. The fraction of sp³-hybridized carbons (Fsp3) is 0.462. The Kier molecular flexibility index (Phi) is 6.18. The Labute approximate surface area is 107 Å². The number of rotatable bonds is 7. The lowest BCUT2D eigenvalue weighted by Gasteiger charge is -2.17. The van der Waals surface area contributed by atoms with Gasteiger partial charge < -0.3 is 20.5 Å². The van der Waals surface area contributed by atoms with Crippen molar-refractivity contribution in [3.8, 4) is 0 Å². The highest BCUT2D eigenvalue weighted by Gasteiger charge is 2.15. The largest absolute Gasteiger partial charge is 0.394 e. The molecular weight excluding hydrogens is 232 g/mol. The van der Waals surface area contributed by atoms with Gasteiger partial charge in [-0.2, -0.15) is 0 Å². The second-order valence-corrected chi connectivity index (χ2v) is 3.88.